The highest BCUT2D eigenvalue weighted by atomic mass is 35.5. The number of piperazine rings is 1. The fourth-order valence-electron chi connectivity index (χ4n) is 2.48. The van der Waals surface area contributed by atoms with E-state index in [1.54, 1.807) is 16.7 Å². The molecule has 2 rings (SSSR count). The maximum absolute atomic E-state index is 13.1. The van der Waals surface area contributed by atoms with Crippen molar-refractivity contribution in [2.75, 3.05) is 26.2 Å². The molecule has 23 heavy (non-hydrogen) atoms. The number of amides is 2. The van der Waals surface area contributed by atoms with Gasteiger partial charge in [0.2, 0.25) is 5.91 Å². The van der Waals surface area contributed by atoms with Crippen LogP contribution in [0.5, 0.6) is 0 Å². The van der Waals surface area contributed by atoms with Gasteiger partial charge in [0.15, 0.2) is 0 Å². The Balaban J connectivity index is 1.99. The average molecular weight is 342 g/mol. The van der Waals surface area contributed by atoms with Gasteiger partial charge in [-0.3, -0.25) is 9.59 Å². The van der Waals surface area contributed by atoms with E-state index < -0.39 is 5.82 Å². The Morgan fingerprint density at radius 3 is 2.26 bits per heavy atom. The number of nitrogens with zero attached hydrogens (tertiary/aromatic N) is 2. The van der Waals surface area contributed by atoms with Crippen LogP contribution in [0.4, 0.5) is 4.39 Å². The highest BCUT2D eigenvalue weighted by Crippen LogP contribution is 2.20. The molecule has 5 nitrogen and oxygen atoms in total. The van der Waals surface area contributed by atoms with Crippen molar-refractivity contribution in [3.05, 3.63) is 34.6 Å². The van der Waals surface area contributed by atoms with Gasteiger partial charge in [-0.25, -0.2) is 4.39 Å². The van der Waals surface area contributed by atoms with E-state index in [0.29, 0.717) is 26.2 Å². The lowest BCUT2D eigenvalue weighted by atomic mass is 10.0. The molecule has 2 atom stereocenters. The Morgan fingerprint density at radius 2 is 1.74 bits per heavy atom. The van der Waals surface area contributed by atoms with Gasteiger partial charge in [-0.2, -0.15) is 0 Å². The third-order valence-corrected chi connectivity index (χ3v) is 4.53. The summed E-state index contributed by atoms with van der Waals surface area (Å²) in [6.45, 7) is 5.37. The summed E-state index contributed by atoms with van der Waals surface area (Å²) < 4.78 is 13.1. The highest BCUT2D eigenvalue weighted by molar-refractivity contribution is 6.33. The molecule has 1 aromatic rings. The van der Waals surface area contributed by atoms with Crippen LogP contribution in [0.2, 0.25) is 5.02 Å². The molecular weight excluding hydrogens is 321 g/mol. The molecule has 1 fully saturated rings. The first-order chi connectivity index (χ1) is 10.8. The van der Waals surface area contributed by atoms with Gasteiger partial charge in [0.1, 0.15) is 5.82 Å². The van der Waals surface area contributed by atoms with Crippen molar-refractivity contribution in [1.82, 2.24) is 9.80 Å². The Labute approximate surface area is 140 Å². The monoisotopic (exact) mass is 341 g/mol. The summed E-state index contributed by atoms with van der Waals surface area (Å²) in [5, 5.41) is 0.0964. The summed E-state index contributed by atoms with van der Waals surface area (Å²) in [6, 6.07) is 3.51. The molecule has 126 valence electrons. The largest absolute Gasteiger partial charge is 0.339 e. The van der Waals surface area contributed by atoms with Gasteiger partial charge >= 0.3 is 0 Å². The molecule has 2 N–H and O–H groups in total. The number of nitrogens with two attached hydrogens (primary N) is 1. The van der Waals surface area contributed by atoms with Gasteiger partial charge in [0.05, 0.1) is 16.5 Å². The zero-order valence-corrected chi connectivity index (χ0v) is 14.0. The summed E-state index contributed by atoms with van der Waals surface area (Å²) >= 11 is 5.93. The molecule has 0 saturated carbocycles. The summed E-state index contributed by atoms with van der Waals surface area (Å²) in [4.78, 5) is 28.1. The van der Waals surface area contributed by atoms with Crippen molar-refractivity contribution < 1.29 is 14.0 Å². The van der Waals surface area contributed by atoms with Crippen LogP contribution in [0, 0.1) is 11.7 Å². The van der Waals surface area contributed by atoms with Crippen LogP contribution in [-0.2, 0) is 4.79 Å². The van der Waals surface area contributed by atoms with Gasteiger partial charge in [0.25, 0.3) is 5.91 Å². The van der Waals surface area contributed by atoms with Crippen molar-refractivity contribution in [2.45, 2.75) is 19.9 Å². The third kappa shape index (κ3) is 4.00. The Morgan fingerprint density at radius 1 is 1.17 bits per heavy atom. The lowest BCUT2D eigenvalue weighted by Crippen LogP contribution is -2.53. The molecule has 1 saturated heterocycles. The van der Waals surface area contributed by atoms with E-state index in [9.17, 15) is 14.0 Å². The molecule has 7 heteroatoms. The van der Waals surface area contributed by atoms with Crippen LogP contribution in [-0.4, -0.2) is 53.8 Å². The minimum atomic E-state index is -0.480. The second-order valence-electron chi connectivity index (χ2n) is 5.89. The van der Waals surface area contributed by atoms with Crippen LogP contribution in [0.3, 0.4) is 0 Å². The normalized spacial score (nSPS) is 17.8. The first-order valence-corrected chi connectivity index (χ1v) is 7.97. The molecule has 1 aliphatic heterocycles. The van der Waals surface area contributed by atoms with E-state index in [-0.39, 0.29) is 34.4 Å². The molecule has 0 aliphatic carbocycles. The number of carbonyl (C=O) groups is 2. The summed E-state index contributed by atoms with van der Waals surface area (Å²) in [6.07, 6.45) is 0. The van der Waals surface area contributed by atoms with Crippen LogP contribution in [0.25, 0.3) is 0 Å². The molecule has 2 unspecified atom stereocenters. The quantitative estimate of drug-likeness (QED) is 0.910. The van der Waals surface area contributed by atoms with Gasteiger partial charge in [0, 0.05) is 32.2 Å². The molecule has 1 aromatic carbocycles. The van der Waals surface area contributed by atoms with Crippen molar-refractivity contribution in [3.8, 4) is 0 Å². The van der Waals surface area contributed by atoms with Gasteiger partial charge in [-0.1, -0.05) is 18.5 Å². The van der Waals surface area contributed by atoms with Gasteiger partial charge in [-0.05, 0) is 25.1 Å². The second kappa shape index (κ2) is 7.27. The topological polar surface area (TPSA) is 66.6 Å². The van der Waals surface area contributed by atoms with Crippen molar-refractivity contribution >= 4 is 23.4 Å². The molecular formula is C16H21ClFN3O2. The fourth-order valence-corrected chi connectivity index (χ4v) is 2.72. The van der Waals surface area contributed by atoms with Gasteiger partial charge < -0.3 is 15.5 Å². The molecule has 0 radical (unpaired) electrons. The molecule has 0 spiro atoms. The smallest absolute Gasteiger partial charge is 0.255 e. The first-order valence-electron chi connectivity index (χ1n) is 7.60. The Kier molecular flexibility index (Phi) is 5.59. The van der Waals surface area contributed by atoms with E-state index in [2.05, 4.69) is 0 Å². The lowest BCUT2D eigenvalue weighted by molar-refractivity contribution is -0.137. The maximum atomic E-state index is 13.1. The zero-order valence-electron chi connectivity index (χ0n) is 13.3. The molecule has 0 bridgehead atoms. The zero-order chi connectivity index (χ0) is 17.1. The minimum Gasteiger partial charge on any atom is -0.339 e. The average Bonchev–Trinajstić information content (AvgIpc) is 2.53. The van der Waals surface area contributed by atoms with E-state index >= 15 is 0 Å². The summed E-state index contributed by atoms with van der Waals surface area (Å²) in [5.41, 5.74) is 6.04. The SMILES string of the molecule is CC(N)C(C)C(=O)N1CCN(C(=O)c2ccc(F)cc2Cl)CC1. The summed E-state index contributed by atoms with van der Waals surface area (Å²) in [7, 11) is 0. The molecule has 1 heterocycles. The molecule has 2 amide bonds. The van der Waals surface area contributed by atoms with Crippen molar-refractivity contribution in [2.24, 2.45) is 11.7 Å². The van der Waals surface area contributed by atoms with Crippen LogP contribution >= 0.6 is 11.6 Å². The molecule has 0 aromatic heterocycles. The number of hydrogen-bond donors (Lipinski definition) is 1. The number of halogens is 2. The Bertz CT molecular complexity index is 601. The van der Waals surface area contributed by atoms with Crippen molar-refractivity contribution in [3.63, 3.8) is 0 Å². The number of benzene rings is 1. The minimum absolute atomic E-state index is 0.00640. The maximum Gasteiger partial charge on any atom is 0.255 e. The predicted octanol–water partition coefficient (Wildman–Crippen LogP) is 1.75. The van der Waals surface area contributed by atoms with Crippen molar-refractivity contribution in [1.29, 1.82) is 0 Å². The van der Waals surface area contributed by atoms with E-state index in [4.69, 9.17) is 17.3 Å². The van der Waals surface area contributed by atoms with Crippen LogP contribution in [0.1, 0.15) is 24.2 Å². The van der Waals surface area contributed by atoms with E-state index in [1.807, 2.05) is 6.92 Å². The second-order valence-corrected chi connectivity index (χ2v) is 6.30. The van der Waals surface area contributed by atoms with Crippen LogP contribution in [0.15, 0.2) is 18.2 Å². The number of rotatable bonds is 3. The van der Waals surface area contributed by atoms with E-state index in [1.165, 1.54) is 12.1 Å². The highest BCUT2D eigenvalue weighted by Gasteiger charge is 2.29. The predicted molar refractivity (Wildman–Crippen MR) is 86.7 cm³/mol. The first kappa shape index (κ1) is 17.7. The van der Waals surface area contributed by atoms with E-state index in [0.717, 1.165) is 6.07 Å². The number of hydrogen-bond acceptors (Lipinski definition) is 3. The van der Waals surface area contributed by atoms with Gasteiger partial charge in [-0.15, -0.1) is 0 Å². The fraction of sp³-hybridized carbons (Fsp3) is 0.500. The summed E-state index contributed by atoms with van der Waals surface area (Å²) in [5.74, 6) is -0.968. The third-order valence-electron chi connectivity index (χ3n) is 4.22. The van der Waals surface area contributed by atoms with Crippen LogP contribution < -0.4 is 5.73 Å². The Hall–Kier alpha value is -1.66. The molecule has 1 aliphatic rings. The lowest BCUT2D eigenvalue weighted by Gasteiger charge is -2.36. The number of carbonyl (C=O) groups excluding carboxylic acids is 2. The standard InChI is InChI=1S/C16H21ClFN3O2/c1-10(11(2)19)15(22)20-5-7-21(8-6-20)16(23)13-4-3-12(18)9-14(13)17/h3-4,9-11H,5-8,19H2,1-2H3.